The molecule has 0 radical (unpaired) electrons. The molecule has 7 heteroatoms. The first kappa shape index (κ1) is 23.5. The maximum atomic E-state index is 13.0. The average Bonchev–Trinajstić information content (AvgIpc) is 3.41. The quantitative estimate of drug-likeness (QED) is 0.471. The molecule has 3 aromatic rings. The van der Waals surface area contributed by atoms with Crippen LogP contribution in [0.1, 0.15) is 18.4 Å². The van der Waals surface area contributed by atoms with Gasteiger partial charge in [-0.25, -0.2) is 0 Å². The van der Waals surface area contributed by atoms with Crippen molar-refractivity contribution in [3.8, 4) is 11.5 Å². The van der Waals surface area contributed by atoms with Crippen molar-refractivity contribution in [1.29, 1.82) is 0 Å². The molecule has 34 heavy (non-hydrogen) atoms. The predicted octanol–water partition coefficient (Wildman–Crippen LogP) is 4.30. The van der Waals surface area contributed by atoms with Crippen LogP contribution in [0.3, 0.4) is 0 Å². The Labute approximate surface area is 199 Å². The monoisotopic (exact) mass is 460 g/mol. The smallest absolute Gasteiger partial charge is 0.249 e. The van der Waals surface area contributed by atoms with Crippen LogP contribution in [-0.4, -0.2) is 37.2 Å². The van der Waals surface area contributed by atoms with Gasteiger partial charge in [0.05, 0.1) is 13.2 Å². The fraction of sp³-hybridized carbons (Fsp3) is 0.259. The van der Waals surface area contributed by atoms with Gasteiger partial charge in [-0.15, -0.1) is 0 Å². The van der Waals surface area contributed by atoms with Gasteiger partial charge in [0.25, 0.3) is 0 Å². The number of rotatable bonds is 10. The molecule has 3 aromatic carbocycles. The number of nitrogens with one attached hydrogen (secondary N) is 2. The number of hydrogen-bond acceptors (Lipinski definition) is 5. The van der Waals surface area contributed by atoms with Gasteiger partial charge in [0.15, 0.2) is 0 Å². The number of carbonyl (C=O) groups excluding carboxylic acids is 2. The van der Waals surface area contributed by atoms with Crippen molar-refractivity contribution in [2.24, 2.45) is 0 Å². The highest BCUT2D eigenvalue weighted by atomic mass is 16.5. The van der Waals surface area contributed by atoms with E-state index in [-0.39, 0.29) is 18.4 Å². The Balaban J connectivity index is 1.36. The number of hydrogen-bond donors (Lipinski definition) is 2. The Morgan fingerprint density at radius 1 is 0.912 bits per heavy atom. The van der Waals surface area contributed by atoms with Gasteiger partial charge in [-0.1, -0.05) is 48.5 Å². The molecule has 0 bridgehead atoms. The number of ether oxygens (including phenoxy) is 3. The molecule has 1 aliphatic heterocycles. The molecule has 0 aromatic heterocycles. The van der Waals surface area contributed by atoms with E-state index in [0.29, 0.717) is 31.1 Å². The van der Waals surface area contributed by atoms with E-state index in [9.17, 15) is 9.59 Å². The van der Waals surface area contributed by atoms with Crippen molar-refractivity contribution in [2.45, 2.75) is 31.6 Å². The highest BCUT2D eigenvalue weighted by molar-refractivity contribution is 5.97. The van der Waals surface area contributed by atoms with E-state index in [1.165, 1.54) is 0 Å². The van der Waals surface area contributed by atoms with Gasteiger partial charge < -0.3 is 24.8 Å². The van der Waals surface area contributed by atoms with Gasteiger partial charge in [-0.05, 0) is 54.8 Å². The number of benzene rings is 3. The first-order valence-corrected chi connectivity index (χ1v) is 11.3. The Kier molecular flexibility index (Phi) is 8.27. The number of amides is 2. The number of para-hydroxylation sites is 1. The summed E-state index contributed by atoms with van der Waals surface area (Å²) in [5.74, 6) is 0.717. The lowest BCUT2D eigenvalue weighted by molar-refractivity contribution is -0.134. The predicted molar refractivity (Wildman–Crippen MR) is 129 cm³/mol. The van der Waals surface area contributed by atoms with Crippen molar-refractivity contribution >= 4 is 17.5 Å². The van der Waals surface area contributed by atoms with Crippen molar-refractivity contribution in [3.63, 3.8) is 0 Å². The largest absolute Gasteiger partial charge is 0.457 e. The molecule has 7 nitrogen and oxygen atoms in total. The second-order valence-corrected chi connectivity index (χ2v) is 7.99. The summed E-state index contributed by atoms with van der Waals surface area (Å²) in [6.07, 6.45) is 0.948. The zero-order chi connectivity index (χ0) is 23.6. The van der Waals surface area contributed by atoms with E-state index >= 15 is 0 Å². The summed E-state index contributed by atoms with van der Waals surface area (Å²) < 4.78 is 17.0. The maximum absolute atomic E-state index is 13.0. The summed E-state index contributed by atoms with van der Waals surface area (Å²) >= 11 is 0. The summed E-state index contributed by atoms with van der Waals surface area (Å²) in [6.45, 7) is 0.928. The Morgan fingerprint density at radius 2 is 1.59 bits per heavy atom. The van der Waals surface area contributed by atoms with Gasteiger partial charge >= 0.3 is 0 Å². The molecule has 0 spiro atoms. The molecule has 0 saturated carbocycles. The van der Waals surface area contributed by atoms with Gasteiger partial charge in [0.1, 0.15) is 23.6 Å². The lowest BCUT2D eigenvalue weighted by Crippen LogP contribution is -2.49. The Morgan fingerprint density at radius 3 is 2.26 bits per heavy atom. The van der Waals surface area contributed by atoms with E-state index in [1.807, 2.05) is 60.7 Å². The van der Waals surface area contributed by atoms with Crippen molar-refractivity contribution in [1.82, 2.24) is 5.32 Å². The van der Waals surface area contributed by atoms with E-state index in [0.717, 1.165) is 17.7 Å². The van der Waals surface area contributed by atoms with Gasteiger partial charge in [-0.3, -0.25) is 9.59 Å². The maximum Gasteiger partial charge on any atom is 0.249 e. The second kappa shape index (κ2) is 12.0. The summed E-state index contributed by atoms with van der Waals surface area (Å²) in [6, 6.07) is 25.3. The highest BCUT2D eigenvalue weighted by Gasteiger charge is 2.28. The average molecular weight is 461 g/mol. The van der Waals surface area contributed by atoms with Crippen LogP contribution in [-0.2, 0) is 25.7 Å². The molecule has 1 aliphatic rings. The Bertz CT molecular complexity index is 1050. The van der Waals surface area contributed by atoms with Crippen LogP contribution < -0.4 is 15.4 Å². The van der Waals surface area contributed by atoms with Gasteiger partial charge in [0, 0.05) is 12.3 Å². The zero-order valence-electron chi connectivity index (χ0n) is 18.8. The molecular formula is C27H28N2O5. The summed E-state index contributed by atoms with van der Waals surface area (Å²) in [4.78, 5) is 25.6. The van der Waals surface area contributed by atoms with Crippen LogP contribution in [0.15, 0.2) is 84.9 Å². The minimum atomic E-state index is -0.861. The van der Waals surface area contributed by atoms with Crippen LogP contribution in [0, 0.1) is 0 Å². The molecule has 2 atom stereocenters. The van der Waals surface area contributed by atoms with Crippen LogP contribution in [0.5, 0.6) is 11.5 Å². The first-order valence-electron chi connectivity index (χ1n) is 11.3. The highest BCUT2D eigenvalue weighted by Crippen LogP contribution is 2.22. The normalized spacial score (nSPS) is 15.9. The third kappa shape index (κ3) is 6.91. The molecule has 1 heterocycles. The van der Waals surface area contributed by atoms with Crippen molar-refractivity contribution in [3.05, 3.63) is 90.5 Å². The molecular weight excluding hydrogens is 432 g/mol. The molecule has 4 rings (SSSR count). The van der Waals surface area contributed by atoms with Crippen LogP contribution in [0.25, 0.3) is 0 Å². The van der Waals surface area contributed by atoms with E-state index in [2.05, 4.69) is 10.6 Å². The van der Waals surface area contributed by atoms with Crippen molar-refractivity contribution in [2.75, 3.05) is 18.5 Å². The van der Waals surface area contributed by atoms with E-state index in [4.69, 9.17) is 14.2 Å². The molecule has 1 saturated heterocycles. The van der Waals surface area contributed by atoms with Gasteiger partial charge in [-0.2, -0.15) is 0 Å². The topological polar surface area (TPSA) is 85.9 Å². The van der Waals surface area contributed by atoms with Crippen LogP contribution in [0.2, 0.25) is 0 Å². The Hall–Kier alpha value is -3.68. The molecule has 176 valence electrons. The molecule has 0 aliphatic carbocycles. The molecule has 1 unspecified atom stereocenters. The third-order valence-corrected chi connectivity index (χ3v) is 5.35. The zero-order valence-corrected chi connectivity index (χ0v) is 18.8. The van der Waals surface area contributed by atoms with Gasteiger partial charge in [0.2, 0.25) is 11.8 Å². The fourth-order valence-corrected chi connectivity index (χ4v) is 3.56. The van der Waals surface area contributed by atoms with Crippen molar-refractivity contribution < 1.29 is 23.8 Å². The lowest BCUT2D eigenvalue weighted by atomic mass is 10.2. The third-order valence-electron chi connectivity index (χ3n) is 5.35. The standard InChI is InChI=1S/C27H28N2O5/c30-26(28-21-13-15-23(16-14-21)34-22-10-5-2-6-11-22)24(29-27(31)25-12-7-17-33-25)19-32-18-20-8-3-1-4-9-20/h1-6,8-11,13-16,24-25H,7,12,17-19H2,(H,28,30)(H,29,31)/t24-,25?/m1/s1. The van der Waals surface area contributed by atoms with E-state index in [1.54, 1.807) is 24.3 Å². The SMILES string of the molecule is O=C(N[C@H](COCc1ccccc1)C(=O)Nc1ccc(Oc2ccccc2)cc1)C1CCCO1. The first-order chi connectivity index (χ1) is 16.7. The molecule has 2 amide bonds. The van der Waals surface area contributed by atoms with E-state index < -0.39 is 12.1 Å². The molecule has 1 fully saturated rings. The summed E-state index contributed by atoms with van der Waals surface area (Å²) in [5.41, 5.74) is 1.57. The fourth-order valence-electron chi connectivity index (χ4n) is 3.56. The molecule has 2 N–H and O–H groups in total. The minimum absolute atomic E-state index is 0.0361. The van der Waals surface area contributed by atoms with Crippen LogP contribution >= 0.6 is 0 Å². The summed E-state index contributed by atoms with van der Waals surface area (Å²) in [5, 5.41) is 5.63. The number of anilines is 1. The minimum Gasteiger partial charge on any atom is -0.457 e. The van der Waals surface area contributed by atoms with Crippen LogP contribution in [0.4, 0.5) is 5.69 Å². The number of carbonyl (C=O) groups is 2. The second-order valence-electron chi connectivity index (χ2n) is 7.99. The summed E-state index contributed by atoms with van der Waals surface area (Å²) in [7, 11) is 0. The lowest BCUT2D eigenvalue weighted by Gasteiger charge is -2.20.